The summed E-state index contributed by atoms with van der Waals surface area (Å²) in [6.07, 6.45) is 0.509. The average Bonchev–Trinajstić information content (AvgIpc) is 2.16. The Morgan fingerprint density at radius 3 is 2.13 bits per heavy atom. The Labute approximate surface area is 93.4 Å². The first-order valence-corrected chi connectivity index (χ1v) is 5.59. The summed E-state index contributed by atoms with van der Waals surface area (Å²) in [4.78, 5) is 15.5. The molecule has 0 rings (SSSR count). The molecule has 1 atom stereocenters. The summed E-state index contributed by atoms with van der Waals surface area (Å²) in [6, 6.07) is 0.586. The minimum atomic E-state index is 0.143. The van der Waals surface area contributed by atoms with Crippen LogP contribution in [0.1, 0.15) is 27.2 Å². The number of nitrogens with two attached hydrogens (primary N) is 1. The lowest BCUT2D eigenvalue weighted by Crippen LogP contribution is -2.46. The van der Waals surface area contributed by atoms with Crippen molar-refractivity contribution in [3.05, 3.63) is 0 Å². The lowest BCUT2D eigenvalue weighted by molar-refractivity contribution is -0.130. The summed E-state index contributed by atoms with van der Waals surface area (Å²) < 4.78 is 0. The van der Waals surface area contributed by atoms with E-state index in [1.807, 2.05) is 0 Å². The average molecular weight is 215 g/mol. The van der Waals surface area contributed by atoms with E-state index in [2.05, 4.69) is 25.7 Å². The monoisotopic (exact) mass is 215 g/mol. The molecule has 0 fully saturated rings. The summed E-state index contributed by atoms with van der Waals surface area (Å²) in [7, 11) is 3.56. The second kappa shape index (κ2) is 6.80. The van der Waals surface area contributed by atoms with Crippen molar-refractivity contribution >= 4 is 5.91 Å². The van der Waals surface area contributed by atoms with Gasteiger partial charge < -0.3 is 10.6 Å². The maximum absolute atomic E-state index is 11.6. The fourth-order valence-electron chi connectivity index (χ4n) is 1.77. The number of likely N-dealkylation sites (N-methyl/N-ethyl adjacent to an activating group) is 1. The molecule has 4 heteroatoms. The fraction of sp³-hybridized carbons (Fsp3) is 0.909. The van der Waals surface area contributed by atoms with E-state index in [4.69, 9.17) is 5.73 Å². The van der Waals surface area contributed by atoms with Gasteiger partial charge in [-0.15, -0.1) is 0 Å². The third-order valence-corrected chi connectivity index (χ3v) is 2.68. The second-order valence-corrected chi connectivity index (χ2v) is 4.31. The van der Waals surface area contributed by atoms with Crippen molar-refractivity contribution in [2.75, 3.05) is 27.2 Å². The number of rotatable bonds is 6. The maximum Gasteiger partial charge on any atom is 0.223 e. The van der Waals surface area contributed by atoms with Gasteiger partial charge in [-0.1, -0.05) is 6.92 Å². The Morgan fingerprint density at radius 1 is 1.33 bits per heavy atom. The van der Waals surface area contributed by atoms with Gasteiger partial charge in [0.05, 0.1) is 0 Å². The summed E-state index contributed by atoms with van der Waals surface area (Å²) in [6.45, 7) is 7.83. The zero-order valence-electron chi connectivity index (χ0n) is 10.7. The number of hydrogen-bond acceptors (Lipinski definition) is 3. The van der Waals surface area contributed by atoms with Crippen LogP contribution in [-0.4, -0.2) is 55.0 Å². The summed E-state index contributed by atoms with van der Waals surface area (Å²) in [5.74, 6) is 0.143. The molecule has 0 aliphatic carbocycles. The standard InChI is InChI=1S/C11H25N3O/c1-6-14(9(2)3)10(8-12)7-11(15)13(4)5/h9-10H,6-8,12H2,1-5H3. The van der Waals surface area contributed by atoms with E-state index < -0.39 is 0 Å². The minimum absolute atomic E-state index is 0.143. The molecular weight excluding hydrogens is 190 g/mol. The molecule has 0 saturated heterocycles. The number of hydrogen-bond donors (Lipinski definition) is 1. The van der Waals surface area contributed by atoms with Crippen molar-refractivity contribution < 1.29 is 4.79 Å². The highest BCUT2D eigenvalue weighted by Crippen LogP contribution is 2.09. The van der Waals surface area contributed by atoms with Crippen molar-refractivity contribution in [2.45, 2.75) is 39.3 Å². The molecule has 0 saturated carbocycles. The molecule has 1 unspecified atom stereocenters. The van der Waals surface area contributed by atoms with Crippen molar-refractivity contribution in [3.8, 4) is 0 Å². The fourth-order valence-corrected chi connectivity index (χ4v) is 1.77. The Kier molecular flexibility index (Phi) is 6.52. The molecule has 90 valence electrons. The highest BCUT2D eigenvalue weighted by Gasteiger charge is 2.21. The molecule has 0 aliphatic rings. The third-order valence-electron chi connectivity index (χ3n) is 2.68. The van der Waals surface area contributed by atoms with Gasteiger partial charge in [0.25, 0.3) is 0 Å². The third kappa shape index (κ3) is 4.62. The zero-order valence-corrected chi connectivity index (χ0v) is 10.7. The molecule has 0 aromatic rings. The molecule has 0 aromatic heterocycles. The van der Waals surface area contributed by atoms with Gasteiger partial charge in [-0.25, -0.2) is 0 Å². The number of carbonyl (C=O) groups excluding carboxylic acids is 1. The summed E-state index contributed by atoms with van der Waals surface area (Å²) >= 11 is 0. The van der Waals surface area contributed by atoms with E-state index in [1.54, 1.807) is 19.0 Å². The van der Waals surface area contributed by atoms with E-state index in [0.717, 1.165) is 6.54 Å². The molecule has 0 heterocycles. The molecule has 0 aromatic carbocycles. The Balaban J connectivity index is 4.40. The van der Waals surface area contributed by atoms with Crippen molar-refractivity contribution in [1.29, 1.82) is 0 Å². The van der Waals surface area contributed by atoms with Gasteiger partial charge in [-0.05, 0) is 20.4 Å². The van der Waals surface area contributed by atoms with Gasteiger partial charge in [0.15, 0.2) is 0 Å². The van der Waals surface area contributed by atoms with Crippen LogP contribution in [0, 0.1) is 0 Å². The van der Waals surface area contributed by atoms with Crippen LogP contribution in [0.4, 0.5) is 0 Å². The van der Waals surface area contributed by atoms with E-state index >= 15 is 0 Å². The van der Waals surface area contributed by atoms with Crippen molar-refractivity contribution in [3.63, 3.8) is 0 Å². The first-order chi connectivity index (χ1) is 6.93. The summed E-state index contributed by atoms with van der Waals surface area (Å²) in [5, 5.41) is 0. The molecule has 2 N–H and O–H groups in total. The number of carbonyl (C=O) groups is 1. The van der Waals surface area contributed by atoms with Crippen LogP contribution in [0.5, 0.6) is 0 Å². The molecule has 1 amide bonds. The smallest absolute Gasteiger partial charge is 0.223 e. The van der Waals surface area contributed by atoms with E-state index in [-0.39, 0.29) is 11.9 Å². The largest absolute Gasteiger partial charge is 0.349 e. The van der Waals surface area contributed by atoms with Crippen LogP contribution < -0.4 is 5.73 Å². The number of amides is 1. The second-order valence-electron chi connectivity index (χ2n) is 4.31. The van der Waals surface area contributed by atoms with Crippen molar-refractivity contribution in [2.24, 2.45) is 5.73 Å². The molecular formula is C11H25N3O. The van der Waals surface area contributed by atoms with Gasteiger partial charge in [-0.3, -0.25) is 9.69 Å². The van der Waals surface area contributed by atoms with Gasteiger partial charge in [-0.2, -0.15) is 0 Å². The van der Waals surface area contributed by atoms with Crippen LogP contribution in [0.3, 0.4) is 0 Å². The van der Waals surface area contributed by atoms with Crippen LogP contribution in [-0.2, 0) is 4.79 Å². The SMILES string of the molecule is CCN(C(C)C)C(CN)CC(=O)N(C)C. The van der Waals surface area contributed by atoms with E-state index in [0.29, 0.717) is 19.0 Å². The normalized spacial score (nSPS) is 13.3. The molecule has 0 bridgehead atoms. The van der Waals surface area contributed by atoms with Crippen molar-refractivity contribution in [1.82, 2.24) is 9.80 Å². The van der Waals surface area contributed by atoms with Crippen LogP contribution in [0.15, 0.2) is 0 Å². The lowest BCUT2D eigenvalue weighted by Gasteiger charge is -2.33. The van der Waals surface area contributed by atoms with Gasteiger partial charge in [0, 0.05) is 39.1 Å². The summed E-state index contributed by atoms with van der Waals surface area (Å²) in [5.41, 5.74) is 5.72. The minimum Gasteiger partial charge on any atom is -0.349 e. The quantitative estimate of drug-likeness (QED) is 0.703. The topological polar surface area (TPSA) is 49.6 Å². The molecule has 0 spiro atoms. The zero-order chi connectivity index (χ0) is 12.0. The van der Waals surface area contributed by atoms with Crippen LogP contribution >= 0.6 is 0 Å². The Bertz CT molecular complexity index is 192. The Hall–Kier alpha value is -0.610. The number of nitrogens with zero attached hydrogens (tertiary/aromatic N) is 2. The molecule has 4 nitrogen and oxygen atoms in total. The van der Waals surface area contributed by atoms with Gasteiger partial charge in [0.2, 0.25) is 5.91 Å². The van der Waals surface area contributed by atoms with E-state index in [9.17, 15) is 4.79 Å². The van der Waals surface area contributed by atoms with Gasteiger partial charge in [0.1, 0.15) is 0 Å². The van der Waals surface area contributed by atoms with Crippen LogP contribution in [0.2, 0.25) is 0 Å². The highest BCUT2D eigenvalue weighted by molar-refractivity contribution is 5.76. The molecule has 15 heavy (non-hydrogen) atoms. The lowest BCUT2D eigenvalue weighted by atomic mass is 10.1. The highest BCUT2D eigenvalue weighted by atomic mass is 16.2. The van der Waals surface area contributed by atoms with Crippen LogP contribution in [0.25, 0.3) is 0 Å². The maximum atomic E-state index is 11.6. The first-order valence-electron chi connectivity index (χ1n) is 5.59. The molecule has 0 radical (unpaired) electrons. The van der Waals surface area contributed by atoms with Gasteiger partial charge >= 0.3 is 0 Å². The van der Waals surface area contributed by atoms with E-state index in [1.165, 1.54) is 0 Å². The first kappa shape index (κ1) is 14.4. The predicted octanol–water partition coefficient (Wildman–Crippen LogP) is 0.522. The Morgan fingerprint density at radius 2 is 1.87 bits per heavy atom. The predicted molar refractivity (Wildman–Crippen MR) is 63.7 cm³/mol. The molecule has 0 aliphatic heterocycles.